The van der Waals surface area contributed by atoms with Gasteiger partial charge in [0, 0.05) is 5.41 Å². The first-order valence-electron chi connectivity index (χ1n) is 11.9. The molecule has 0 aliphatic rings. The van der Waals surface area contributed by atoms with Crippen molar-refractivity contribution in [3.63, 3.8) is 0 Å². The van der Waals surface area contributed by atoms with E-state index in [1.807, 2.05) is 0 Å². The Morgan fingerprint density at radius 3 is 1.68 bits per heavy atom. The summed E-state index contributed by atoms with van der Waals surface area (Å²) in [6, 6.07) is 10.9. The summed E-state index contributed by atoms with van der Waals surface area (Å²) in [6.45, 7) is 11.3. The van der Waals surface area contributed by atoms with Crippen molar-refractivity contribution in [1.82, 2.24) is 0 Å². The van der Waals surface area contributed by atoms with Gasteiger partial charge in [0.25, 0.3) is 0 Å². The maximum atomic E-state index is 4.26. The van der Waals surface area contributed by atoms with Crippen LogP contribution < -0.4 is 0 Å². The Hall–Kier alpha value is -0.610. The fourth-order valence-electron chi connectivity index (χ4n) is 4.32. The summed E-state index contributed by atoms with van der Waals surface area (Å²) in [5.74, 6) is 0. The van der Waals surface area contributed by atoms with Crippen LogP contribution in [0.1, 0.15) is 110 Å². The van der Waals surface area contributed by atoms with E-state index in [0.717, 1.165) is 6.42 Å². The number of allylic oxidation sites excluding steroid dienone is 1. The molecule has 0 heterocycles. The number of rotatable bonds is 17. The van der Waals surface area contributed by atoms with Gasteiger partial charge in [-0.2, -0.15) is 0 Å². The molecule has 1 rings (SSSR count). The fraction of sp³-hybridized carbons (Fsp3) is 0.704. The Morgan fingerprint density at radius 1 is 0.786 bits per heavy atom. The molecule has 0 saturated carbocycles. The molecule has 0 aliphatic heterocycles. The topological polar surface area (TPSA) is 0 Å². The molecule has 1 aromatic carbocycles. The van der Waals surface area contributed by atoms with E-state index in [-0.39, 0.29) is 10.6 Å². The van der Waals surface area contributed by atoms with E-state index in [4.69, 9.17) is 0 Å². The zero-order valence-corrected chi connectivity index (χ0v) is 20.3. The standard InChI is InChI=1S/C27H47P/c1-5-7-8-9-10-11-12-13-14-15-16-20-23-27(6-2,26(3,4)28)24-25-21-18-17-19-22-25/h6,17-19,21-22H,2,5,7-16,20,23-24,28H2,1,3-4H3. The molecule has 1 heteroatoms. The van der Waals surface area contributed by atoms with Crippen molar-refractivity contribution >= 4 is 9.24 Å². The van der Waals surface area contributed by atoms with Gasteiger partial charge in [-0.15, -0.1) is 15.8 Å². The average Bonchev–Trinajstić information content (AvgIpc) is 2.67. The Kier molecular flexibility index (Phi) is 13.1. The van der Waals surface area contributed by atoms with Gasteiger partial charge in [-0.1, -0.05) is 134 Å². The molecular weight excluding hydrogens is 355 g/mol. The predicted octanol–water partition coefficient (Wildman–Crippen LogP) is 9.15. The molecule has 0 aliphatic carbocycles. The highest BCUT2D eigenvalue weighted by Gasteiger charge is 2.38. The first kappa shape index (κ1) is 25.4. The minimum atomic E-state index is 0.150. The van der Waals surface area contributed by atoms with Crippen LogP contribution in [0.25, 0.3) is 0 Å². The summed E-state index contributed by atoms with van der Waals surface area (Å²) in [5, 5.41) is 0.155. The van der Waals surface area contributed by atoms with Gasteiger partial charge in [-0.05, 0) is 23.6 Å². The first-order valence-corrected chi connectivity index (χ1v) is 12.5. The van der Waals surface area contributed by atoms with Crippen LogP contribution in [0.3, 0.4) is 0 Å². The second-order valence-corrected chi connectivity index (χ2v) is 10.8. The Bertz CT molecular complexity index is 499. The van der Waals surface area contributed by atoms with Gasteiger partial charge < -0.3 is 0 Å². The lowest BCUT2D eigenvalue weighted by Crippen LogP contribution is -2.39. The molecular formula is C27H47P. The largest absolute Gasteiger partial charge is 0.131 e. The van der Waals surface area contributed by atoms with Crippen LogP contribution in [0.4, 0.5) is 0 Å². The third-order valence-electron chi connectivity index (χ3n) is 6.51. The summed E-state index contributed by atoms with van der Waals surface area (Å²) >= 11 is 0. The second kappa shape index (κ2) is 14.4. The molecule has 28 heavy (non-hydrogen) atoms. The molecule has 0 spiro atoms. The van der Waals surface area contributed by atoms with Crippen LogP contribution >= 0.6 is 9.24 Å². The van der Waals surface area contributed by atoms with E-state index in [1.165, 1.54) is 89.0 Å². The molecule has 0 fully saturated rings. The molecule has 0 nitrogen and oxygen atoms in total. The SMILES string of the molecule is C=CC(CCCCCCCCCCCCCC)(Cc1ccccc1)C(C)(C)P. The van der Waals surface area contributed by atoms with Gasteiger partial charge in [-0.25, -0.2) is 0 Å². The summed E-state index contributed by atoms with van der Waals surface area (Å²) in [7, 11) is 3.10. The minimum absolute atomic E-state index is 0.150. The zero-order valence-electron chi connectivity index (χ0n) is 19.1. The molecule has 0 aromatic heterocycles. The normalized spacial score (nSPS) is 14.0. The number of hydrogen-bond acceptors (Lipinski definition) is 0. The maximum absolute atomic E-state index is 4.26. The second-order valence-electron chi connectivity index (χ2n) is 9.38. The lowest BCUT2D eigenvalue weighted by atomic mass is 9.68. The van der Waals surface area contributed by atoms with E-state index in [0.29, 0.717) is 0 Å². The smallest absolute Gasteiger partial charge is 0.000485 e. The monoisotopic (exact) mass is 402 g/mol. The van der Waals surface area contributed by atoms with Crippen molar-refractivity contribution in [2.45, 2.75) is 116 Å². The first-order chi connectivity index (χ1) is 13.4. The molecule has 0 N–H and O–H groups in total. The van der Waals surface area contributed by atoms with E-state index in [2.05, 4.69) is 73.0 Å². The van der Waals surface area contributed by atoms with Gasteiger partial charge in [0.2, 0.25) is 0 Å². The van der Waals surface area contributed by atoms with Crippen molar-refractivity contribution in [3.05, 3.63) is 48.6 Å². The third kappa shape index (κ3) is 9.73. The Morgan fingerprint density at radius 2 is 1.25 bits per heavy atom. The summed E-state index contributed by atoms with van der Waals surface area (Å²) in [5.41, 5.74) is 1.58. The van der Waals surface area contributed by atoms with Crippen LogP contribution in [-0.2, 0) is 6.42 Å². The van der Waals surface area contributed by atoms with Crippen LogP contribution in [0.15, 0.2) is 43.0 Å². The predicted molar refractivity (Wildman–Crippen MR) is 132 cm³/mol. The summed E-state index contributed by atoms with van der Waals surface area (Å²) < 4.78 is 0. The van der Waals surface area contributed by atoms with Gasteiger partial charge in [0.05, 0.1) is 0 Å². The van der Waals surface area contributed by atoms with Crippen molar-refractivity contribution < 1.29 is 0 Å². The highest BCUT2D eigenvalue weighted by Crippen LogP contribution is 2.46. The minimum Gasteiger partial charge on any atom is -0.131 e. The van der Waals surface area contributed by atoms with Gasteiger partial charge >= 0.3 is 0 Å². The summed E-state index contributed by atoms with van der Waals surface area (Å²) in [6.07, 6.45) is 21.5. The van der Waals surface area contributed by atoms with Crippen molar-refractivity contribution in [1.29, 1.82) is 0 Å². The van der Waals surface area contributed by atoms with Gasteiger partial charge in [0.15, 0.2) is 0 Å². The maximum Gasteiger partial charge on any atom is 0.000485 e. The molecule has 2 unspecified atom stereocenters. The van der Waals surface area contributed by atoms with Crippen molar-refractivity contribution in [2.24, 2.45) is 5.41 Å². The lowest BCUT2D eigenvalue weighted by Gasteiger charge is -2.43. The highest BCUT2D eigenvalue weighted by molar-refractivity contribution is 7.19. The zero-order chi connectivity index (χ0) is 20.7. The number of benzene rings is 1. The van der Waals surface area contributed by atoms with Crippen LogP contribution in [-0.4, -0.2) is 5.16 Å². The van der Waals surface area contributed by atoms with E-state index >= 15 is 0 Å². The molecule has 0 saturated heterocycles. The van der Waals surface area contributed by atoms with Crippen molar-refractivity contribution in [2.75, 3.05) is 0 Å². The molecule has 0 radical (unpaired) electrons. The Balaban J connectivity index is 2.28. The molecule has 0 bridgehead atoms. The molecule has 1 aromatic rings. The van der Waals surface area contributed by atoms with Crippen LogP contribution in [0.5, 0.6) is 0 Å². The highest BCUT2D eigenvalue weighted by atomic mass is 31.0. The lowest BCUT2D eigenvalue weighted by molar-refractivity contribution is 0.262. The van der Waals surface area contributed by atoms with Crippen molar-refractivity contribution in [3.8, 4) is 0 Å². The Labute approximate surface area is 179 Å². The molecule has 2 atom stereocenters. The van der Waals surface area contributed by atoms with Crippen LogP contribution in [0.2, 0.25) is 0 Å². The van der Waals surface area contributed by atoms with E-state index in [9.17, 15) is 0 Å². The number of hydrogen-bond donors (Lipinski definition) is 0. The number of unbranched alkanes of at least 4 members (excludes halogenated alkanes) is 11. The van der Waals surface area contributed by atoms with E-state index < -0.39 is 0 Å². The molecule has 0 amide bonds. The van der Waals surface area contributed by atoms with Gasteiger partial charge in [0.1, 0.15) is 0 Å². The molecule has 160 valence electrons. The fourth-order valence-corrected chi connectivity index (χ4v) is 4.68. The van der Waals surface area contributed by atoms with Gasteiger partial charge in [-0.3, -0.25) is 0 Å². The third-order valence-corrected chi connectivity index (χ3v) is 7.09. The average molecular weight is 403 g/mol. The van der Waals surface area contributed by atoms with Crippen LogP contribution in [0, 0.1) is 5.41 Å². The summed E-state index contributed by atoms with van der Waals surface area (Å²) in [4.78, 5) is 0. The quantitative estimate of drug-likeness (QED) is 0.138. The van der Waals surface area contributed by atoms with E-state index in [1.54, 1.807) is 0 Å².